The Hall–Kier alpha value is -2.55. The average Bonchev–Trinajstić information content (AvgIpc) is 2.60. The lowest BCUT2D eigenvalue weighted by Crippen LogP contribution is -2.09. The number of anilines is 1. The maximum absolute atomic E-state index is 11.2. The van der Waals surface area contributed by atoms with Crippen LogP contribution in [0.2, 0.25) is 0 Å². The van der Waals surface area contributed by atoms with Crippen LogP contribution in [0.3, 0.4) is 0 Å². The maximum atomic E-state index is 11.2. The van der Waals surface area contributed by atoms with Crippen LogP contribution in [0.1, 0.15) is 6.42 Å². The molecule has 0 fully saturated rings. The van der Waals surface area contributed by atoms with Gasteiger partial charge in [-0.1, -0.05) is 0 Å². The number of H-pyrrole nitrogens is 2. The molecule has 6 nitrogen and oxygen atoms in total. The molecule has 0 unspecified atom stereocenters. The highest BCUT2D eigenvalue weighted by Crippen LogP contribution is 2.14. The van der Waals surface area contributed by atoms with Crippen LogP contribution < -0.4 is 10.9 Å². The molecule has 2 aromatic rings. The van der Waals surface area contributed by atoms with E-state index >= 15 is 0 Å². The van der Waals surface area contributed by atoms with E-state index in [2.05, 4.69) is 15.5 Å². The minimum Gasteiger partial charge on any atom is -0.325 e. The van der Waals surface area contributed by atoms with Crippen LogP contribution in [0.4, 0.5) is 5.69 Å². The molecule has 0 saturated carbocycles. The summed E-state index contributed by atoms with van der Waals surface area (Å²) in [6.07, 6.45) is -0.193. The van der Waals surface area contributed by atoms with E-state index in [1.807, 2.05) is 0 Å². The Morgan fingerprint density at radius 3 is 3.00 bits per heavy atom. The molecule has 0 atom stereocenters. The molecular weight excluding hydrogens is 208 g/mol. The summed E-state index contributed by atoms with van der Waals surface area (Å²) < 4.78 is 0. The standard InChI is InChI=1S/C10H8N4O2/c11-4-3-9(15)12-6-1-2-7-8(5-6)13-14-10(7)16/h1-2,5H,3H2,(H,12,15)(H2,13,14,16). The minimum atomic E-state index is -0.375. The molecule has 0 saturated heterocycles. The van der Waals surface area contributed by atoms with Crippen molar-refractivity contribution in [1.82, 2.24) is 10.2 Å². The zero-order valence-electron chi connectivity index (χ0n) is 8.20. The van der Waals surface area contributed by atoms with Crippen molar-refractivity contribution in [2.45, 2.75) is 6.42 Å². The maximum Gasteiger partial charge on any atom is 0.271 e. The Morgan fingerprint density at radius 2 is 2.25 bits per heavy atom. The SMILES string of the molecule is N#CCC(=O)Nc1ccc2c(=O)[nH][nH]c2c1. The Bertz CT molecular complexity index is 632. The first-order valence-electron chi connectivity index (χ1n) is 4.58. The number of hydrogen-bond donors (Lipinski definition) is 3. The van der Waals surface area contributed by atoms with Crippen LogP contribution in [0.15, 0.2) is 23.0 Å². The molecule has 0 aliphatic rings. The molecule has 1 heterocycles. The largest absolute Gasteiger partial charge is 0.325 e. The third kappa shape index (κ3) is 1.79. The van der Waals surface area contributed by atoms with Crippen LogP contribution in [-0.2, 0) is 4.79 Å². The van der Waals surface area contributed by atoms with Crippen molar-refractivity contribution in [3.05, 3.63) is 28.6 Å². The number of amides is 1. The molecule has 1 amide bonds. The summed E-state index contributed by atoms with van der Waals surface area (Å²) in [5.74, 6) is -0.375. The topological polar surface area (TPSA) is 102 Å². The van der Waals surface area contributed by atoms with Crippen molar-refractivity contribution < 1.29 is 4.79 Å². The first kappa shape index (κ1) is 9.98. The lowest BCUT2D eigenvalue weighted by Gasteiger charge is -2.01. The van der Waals surface area contributed by atoms with Gasteiger partial charge in [0.1, 0.15) is 6.42 Å². The highest BCUT2D eigenvalue weighted by Gasteiger charge is 2.04. The molecule has 0 radical (unpaired) electrons. The number of rotatable bonds is 2. The molecule has 80 valence electrons. The molecule has 16 heavy (non-hydrogen) atoms. The Kier molecular flexibility index (Phi) is 2.44. The van der Waals surface area contributed by atoms with Crippen molar-refractivity contribution in [3.63, 3.8) is 0 Å². The second kappa shape index (κ2) is 3.90. The van der Waals surface area contributed by atoms with Crippen LogP contribution in [0.25, 0.3) is 10.9 Å². The predicted octanol–water partition coefficient (Wildman–Crippen LogP) is 0.708. The van der Waals surface area contributed by atoms with E-state index in [0.717, 1.165) is 0 Å². The molecule has 0 spiro atoms. The summed E-state index contributed by atoms with van der Waals surface area (Å²) in [7, 11) is 0. The third-order valence-corrected chi connectivity index (χ3v) is 2.10. The average molecular weight is 216 g/mol. The number of nitrogens with zero attached hydrogens (tertiary/aromatic N) is 1. The lowest BCUT2D eigenvalue weighted by atomic mass is 10.2. The summed E-state index contributed by atoms with van der Waals surface area (Å²) in [5.41, 5.74) is 0.952. The van der Waals surface area contributed by atoms with Gasteiger partial charge in [0.05, 0.1) is 17.0 Å². The molecular formula is C10H8N4O2. The van der Waals surface area contributed by atoms with E-state index in [0.29, 0.717) is 16.6 Å². The van der Waals surface area contributed by atoms with E-state index in [1.165, 1.54) is 0 Å². The van der Waals surface area contributed by atoms with E-state index in [9.17, 15) is 9.59 Å². The van der Waals surface area contributed by atoms with Gasteiger partial charge in [0.15, 0.2) is 0 Å². The lowest BCUT2D eigenvalue weighted by molar-refractivity contribution is -0.115. The van der Waals surface area contributed by atoms with Gasteiger partial charge in [-0.05, 0) is 18.2 Å². The summed E-state index contributed by atoms with van der Waals surface area (Å²) in [6.45, 7) is 0. The number of nitriles is 1. The summed E-state index contributed by atoms with van der Waals surface area (Å²) in [5, 5.41) is 16.5. The number of benzene rings is 1. The first-order chi connectivity index (χ1) is 7.70. The second-order valence-corrected chi connectivity index (χ2v) is 3.22. The van der Waals surface area contributed by atoms with Crippen molar-refractivity contribution in [2.75, 3.05) is 5.32 Å². The zero-order chi connectivity index (χ0) is 11.5. The van der Waals surface area contributed by atoms with Crippen LogP contribution in [0.5, 0.6) is 0 Å². The van der Waals surface area contributed by atoms with Crippen molar-refractivity contribution >= 4 is 22.5 Å². The second-order valence-electron chi connectivity index (χ2n) is 3.22. The molecule has 6 heteroatoms. The van der Waals surface area contributed by atoms with E-state index in [4.69, 9.17) is 5.26 Å². The summed E-state index contributed by atoms with van der Waals surface area (Å²) in [6, 6.07) is 6.60. The quantitative estimate of drug-likeness (QED) is 0.688. The molecule has 0 bridgehead atoms. The fraction of sp³-hybridized carbons (Fsp3) is 0.100. The normalized spacial score (nSPS) is 9.94. The fourth-order valence-electron chi connectivity index (χ4n) is 1.39. The molecule has 1 aromatic carbocycles. The number of nitrogens with one attached hydrogen (secondary N) is 3. The fourth-order valence-corrected chi connectivity index (χ4v) is 1.39. The van der Waals surface area contributed by atoms with Gasteiger partial charge in [0, 0.05) is 5.69 Å². The van der Waals surface area contributed by atoms with Gasteiger partial charge < -0.3 is 5.32 Å². The predicted molar refractivity (Wildman–Crippen MR) is 57.8 cm³/mol. The minimum absolute atomic E-state index is 0.193. The number of aromatic amines is 2. The smallest absolute Gasteiger partial charge is 0.271 e. The Balaban J connectivity index is 2.30. The van der Waals surface area contributed by atoms with E-state index in [-0.39, 0.29) is 17.9 Å². The first-order valence-corrected chi connectivity index (χ1v) is 4.58. The molecule has 1 aromatic heterocycles. The molecule has 0 aliphatic heterocycles. The molecule has 2 rings (SSSR count). The highest BCUT2D eigenvalue weighted by molar-refractivity contribution is 5.94. The zero-order valence-corrected chi connectivity index (χ0v) is 8.20. The van der Waals surface area contributed by atoms with Gasteiger partial charge in [-0.3, -0.25) is 19.8 Å². The van der Waals surface area contributed by atoms with Gasteiger partial charge in [-0.25, -0.2) is 0 Å². The molecule has 0 aliphatic carbocycles. The van der Waals surface area contributed by atoms with Crippen LogP contribution in [-0.4, -0.2) is 16.1 Å². The van der Waals surface area contributed by atoms with Gasteiger partial charge in [0.25, 0.3) is 5.56 Å². The van der Waals surface area contributed by atoms with Gasteiger partial charge >= 0.3 is 0 Å². The van der Waals surface area contributed by atoms with Crippen LogP contribution >= 0.6 is 0 Å². The van der Waals surface area contributed by atoms with Gasteiger partial charge in [-0.2, -0.15) is 5.26 Å². The number of carbonyl (C=O) groups is 1. The molecule has 3 N–H and O–H groups in total. The Labute approximate surface area is 89.9 Å². The number of carbonyl (C=O) groups excluding carboxylic acids is 1. The Morgan fingerprint density at radius 1 is 1.44 bits per heavy atom. The number of hydrogen-bond acceptors (Lipinski definition) is 3. The van der Waals surface area contributed by atoms with Crippen molar-refractivity contribution in [3.8, 4) is 6.07 Å². The van der Waals surface area contributed by atoms with Crippen molar-refractivity contribution in [2.24, 2.45) is 0 Å². The summed E-state index contributed by atoms with van der Waals surface area (Å²) >= 11 is 0. The van der Waals surface area contributed by atoms with Gasteiger partial charge in [0.2, 0.25) is 5.91 Å². The number of fused-ring (bicyclic) bond motifs is 1. The summed E-state index contributed by atoms with van der Waals surface area (Å²) in [4.78, 5) is 22.3. The van der Waals surface area contributed by atoms with Crippen LogP contribution in [0, 0.1) is 11.3 Å². The third-order valence-electron chi connectivity index (χ3n) is 2.10. The van der Waals surface area contributed by atoms with Gasteiger partial charge in [-0.15, -0.1) is 0 Å². The van der Waals surface area contributed by atoms with E-state index in [1.54, 1.807) is 24.3 Å². The number of aromatic nitrogens is 2. The highest BCUT2D eigenvalue weighted by atomic mass is 16.1. The van der Waals surface area contributed by atoms with Crippen molar-refractivity contribution in [1.29, 1.82) is 5.26 Å². The van der Waals surface area contributed by atoms with E-state index < -0.39 is 0 Å². The monoisotopic (exact) mass is 216 g/mol.